The Morgan fingerprint density at radius 1 is 1.19 bits per heavy atom. The van der Waals surface area contributed by atoms with Crippen LogP contribution in [-0.4, -0.2) is 22.7 Å². The van der Waals surface area contributed by atoms with Crippen molar-refractivity contribution in [3.63, 3.8) is 0 Å². The van der Waals surface area contributed by atoms with Gasteiger partial charge in [0.25, 0.3) is 0 Å². The van der Waals surface area contributed by atoms with Gasteiger partial charge in [0.05, 0.1) is 11.2 Å². The molecule has 0 spiro atoms. The first-order chi connectivity index (χ1) is 12.5. The van der Waals surface area contributed by atoms with Gasteiger partial charge in [-0.2, -0.15) is 0 Å². The fourth-order valence-corrected chi connectivity index (χ4v) is 3.50. The monoisotopic (exact) mass is 349 g/mol. The molecular formula is C21H19NO4. The Kier molecular flexibility index (Phi) is 3.80. The summed E-state index contributed by atoms with van der Waals surface area (Å²) >= 11 is 0. The summed E-state index contributed by atoms with van der Waals surface area (Å²) < 4.78 is 13.7. The molecule has 0 saturated heterocycles. The molecule has 0 saturated carbocycles. The molecule has 0 unspecified atom stereocenters. The minimum Gasteiger partial charge on any atom is -0.482 e. The number of rotatable bonds is 4. The molecule has 26 heavy (non-hydrogen) atoms. The van der Waals surface area contributed by atoms with Crippen molar-refractivity contribution in [2.24, 2.45) is 0 Å². The Balaban J connectivity index is 1.90. The molecule has 3 aromatic rings. The van der Waals surface area contributed by atoms with Crippen molar-refractivity contribution in [2.45, 2.75) is 27.5 Å². The molecule has 132 valence electrons. The topological polar surface area (TPSA) is 57.5 Å². The Bertz CT molecular complexity index is 1060. The minimum atomic E-state index is -0.0412. The number of aryl methyl sites for hydroxylation is 1. The number of ether oxygens (including phenoxy) is 2. The van der Waals surface area contributed by atoms with Gasteiger partial charge < -0.3 is 14.0 Å². The highest BCUT2D eigenvalue weighted by molar-refractivity contribution is 6.01. The zero-order valence-electron chi connectivity index (χ0n) is 15.0. The number of aromatic nitrogens is 1. The first-order valence-corrected chi connectivity index (χ1v) is 8.49. The molecule has 0 N–H and O–H groups in total. The Morgan fingerprint density at radius 3 is 2.73 bits per heavy atom. The fraction of sp³-hybridized carbons (Fsp3) is 0.238. The molecule has 0 bridgehead atoms. The summed E-state index contributed by atoms with van der Waals surface area (Å²) in [6.45, 7) is 5.47. The van der Waals surface area contributed by atoms with E-state index in [0.717, 1.165) is 27.7 Å². The van der Waals surface area contributed by atoms with Crippen LogP contribution in [0, 0.1) is 6.92 Å². The molecule has 0 amide bonds. The van der Waals surface area contributed by atoms with Crippen molar-refractivity contribution < 1.29 is 19.1 Å². The molecule has 1 aromatic heterocycles. The largest absolute Gasteiger partial charge is 0.482 e. The van der Waals surface area contributed by atoms with Crippen LogP contribution >= 0.6 is 0 Å². The van der Waals surface area contributed by atoms with Crippen LogP contribution < -0.4 is 9.47 Å². The molecule has 0 fully saturated rings. The van der Waals surface area contributed by atoms with E-state index < -0.39 is 0 Å². The van der Waals surface area contributed by atoms with Gasteiger partial charge in [-0.15, -0.1) is 0 Å². The predicted octanol–water partition coefficient (Wildman–Crippen LogP) is 4.14. The third-order valence-corrected chi connectivity index (χ3v) is 4.73. The lowest BCUT2D eigenvalue weighted by molar-refractivity contribution is -0.118. The zero-order chi connectivity index (χ0) is 18.4. The van der Waals surface area contributed by atoms with Gasteiger partial charge in [0.15, 0.2) is 29.8 Å². The molecule has 0 radical (unpaired) electrons. The van der Waals surface area contributed by atoms with E-state index in [1.807, 2.05) is 36.4 Å². The maximum Gasteiger partial charge on any atom is 0.173 e. The van der Waals surface area contributed by atoms with Crippen molar-refractivity contribution >= 4 is 22.5 Å². The van der Waals surface area contributed by atoms with Crippen molar-refractivity contribution in [3.05, 3.63) is 47.5 Å². The second-order valence-electron chi connectivity index (χ2n) is 6.59. The van der Waals surface area contributed by atoms with E-state index in [-0.39, 0.29) is 18.2 Å². The van der Waals surface area contributed by atoms with Gasteiger partial charge in [0.1, 0.15) is 6.61 Å². The summed E-state index contributed by atoms with van der Waals surface area (Å²) in [4.78, 5) is 23.0. The molecule has 1 aliphatic heterocycles. The third-order valence-electron chi connectivity index (χ3n) is 4.73. The molecule has 0 aliphatic carbocycles. The molecule has 5 heteroatoms. The number of nitrogens with zero attached hydrogens (tertiary/aromatic N) is 1. The van der Waals surface area contributed by atoms with Crippen LogP contribution in [0.5, 0.6) is 11.5 Å². The first-order valence-electron chi connectivity index (χ1n) is 8.49. The van der Waals surface area contributed by atoms with Gasteiger partial charge in [-0.25, -0.2) is 0 Å². The van der Waals surface area contributed by atoms with Gasteiger partial charge >= 0.3 is 0 Å². The Hall–Kier alpha value is -3.08. The Morgan fingerprint density at radius 2 is 2.00 bits per heavy atom. The van der Waals surface area contributed by atoms with Crippen LogP contribution in [0.25, 0.3) is 22.2 Å². The second kappa shape index (κ2) is 6.02. The number of carbonyl (C=O) groups excluding carboxylic acids is 2. The standard InChI is InChI=1S/C21H19NO4/c1-12(23)10-25-19-6-4-5-17-20-13(2)16-8-7-15(14(3)24)9-18(16)22(20)11-26-21(17)19/h4-9H,10-11H2,1-3H3. The van der Waals surface area contributed by atoms with Crippen LogP contribution in [0.15, 0.2) is 36.4 Å². The summed E-state index contributed by atoms with van der Waals surface area (Å²) in [7, 11) is 0. The van der Waals surface area contributed by atoms with E-state index >= 15 is 0 Å². The number of hydrogen-bond acceptors (Lipinski definition) is 4. The number of Topliss-reactive ketones (excluding diaryl/α,β-unsaturated/α-hetero) is 2. The van der Waals surface area contributed by atoms with E-state index in [2.05, 4.69) is 11.5 Å². The summed E-state index contributed by atoms with van der Waals surface area (Å²) in [6, 6.07) is 11.5. The van der Waals surface area contributed by atoms with E-state index in [4.69, 9.17) is 9.47 Å². The number of ketones is 2. The third kappa shape index (κ3) is 2.47. The van der Waals surface area contributed by atoms with Crippen molar-refractivity contribution in [1.29, 1.82) is 0 Å². The second-order valence-corrected chi connectivity index (χ2v) is 6.59. The SMILES string of the molecule is CC(=O)COc1cccc2c1OCn1c-2c(C)c2ccc(C(C)=O)cc21. The van der Waals surface area contributed by atoms with Crippen molar-refractivity contribution in [1.82, 2.24) is 4.57 Å². The highest BCUT2D eigenvalue weighted by Gasteiger charge is 2.26. The lowest BCUT2D eigenvalue weighted by Gasteiger charge is -2.23. The van der Waals surface area contributed by atoms with Crippen molar-refractivity contribution in [3.8, 4) is 22.8 Å². The van der Waals surface area contributed by atoms with Crippen LogP contribution in [0.3, 0.4) is 0 Å². The smallest absolute Gasteiger partial charge is 0.173 e. The highest BCUT2D eigenvalue weighted by Crippen LogP contribution is 2.45. The van der Waals surface area contributed by atoms with Crippen LogP contribution in [0.4, 0.5) is 0 Å². The van der Waals surface area contributed by atoms with Crippen LogP contribution in [-0.2, 0) is 11.5 Å². The molecule has 0 atom stereocenters. The van der Waals surface area contributed by atoms with Crippen LogP contribution in [0.2, 0.25) is 0 Å². The highest BCUT2D eigenvalue weighted by atomic mass is 16.5. The van der Waals surface area contributed by atoms with Gasteiger partial charge in [-0.1, -0.05) is 18.2 Å². The molecule has 4 rings (SSSR count). The first kappa shape index (κ1) is 16.4. The molecule has 2 aromatic carbocycles. The predicted molar refractivity (Wildman–Crippen MR) is 98.9 cm³/mol. The summed E-state index contributed by atoms with van der Waals surface area (Å²) in [5.41, 5.74) is 4.77. The minimum absolute atomic E-state index is 0.0176. The van der Waals surface area contributed by atoms with Gasteiger partial charge in [0.2, 0.25) is 0 Å². The summed E-state index contributed by atoms with van der Waals surface area (Å²) in [5.74, 6) is 1.22. The van der Waals surface area contributed by atoms with E-state index in [1.165, 1.54) is 6.92 Å². The maximum absolute atomic E-state index is 11.7. The van der Waals surface area contributed by atoms with E-state index in [9.17, 15) is 9.59 Å². The number of hydrogen-bond donors (Lipinski definition) is 0. The lowest BCUT2D eigenvalue weighted by Crippen LogP contribution is -2.15. The average molecular weight is 349 g/mol. The lowest BCUT2D eigenvalue weighted by atomic mass is 10.0. The number of fused-ring (bicyclic) bond motifs is 5. The Labute approximate surface area is 151 Å². The van der Waals surface area contributed by atoms with Gasteiger partial charge in [0, 0.05) is 16.5 Å². The van der Waals surface area contributed by atoms with Gasteiger partial charge in [-0.3, -0.25) is 9.59 Å². The fourth-order valence-electron chi connectivity index (χ4n) is 3.50. The van der Waals surface area contributed by atoms with E-state index in [0.29, 0.717) is 23.8 Å². The molecular weight excluding hydrogens is 330 g/mol. The molecule has 1 aliphatic rings. The molecule has 2 heterocycles. The average Bonchev–Trinajstić information content (AvgIpc) is 2.92. The molecule has 5 nitrogen and oxygen atoms in total. The van der Waals surface area contributed by atoms with E-state index in [1.54, 1.807) is 6.92 Å². The van der Waals surface area contributed by atoms with Crippen LogP contribution in [0.1, 0.15) is 29.8 Å². The maximum atomic E-state index is 11.7. The summed E-state index contributed by atoms with van der Waals surface area (Å²) in [5, 5.41) is 1.09. The van der Waals surface area contributed by atoms with Crippen molar-refractivity contribution in [2.75, 3.05) is 6.61 Å². The zero-order valence-corrected chi connectivity index (χ0v) is 15.0. The number of para-hydroxylation sites is 1. The summed E-state index contributed by atoms with van der Waals surface area (Å²) in [6.07, 6.45) is 0. The van der Waals surface area contributed by atoms with Gasteiger partial charge in [-0.05, 0) is 44.5 Å². The quantitative estimate of drug-likeness (QED) is 0.664. The normalized spacial score (nSPS) is 12.3. The number of benzene rings is 2. The number of carbonyl (C=O) groups is 2.